The topological polar surface area (TPSA) is 46.3 Å². The highest BCUT2D eigenvalue weighted by Gasteiger charge is 2.15. The van der Waals surface area contributed by atoms with E-state index in [1.165, 1.54) is 12.1 Å². The molecule has 0 saturated heterocycles. The molecule has 0 spiro atoms. The molecule has 3 rings (SSSR count). The highest BCUT2D eigenvalue weighted by atomic mass is 32.1. The molecule has 0 atom stereocenters. The van der Waals surface area contributed by atoms with Crippen molar-refractivity contribution in [1.82, 2.24) is 4.98 Å². The van der Waals surface area contributed by atoms with Crippen LogP contribution in [0.4, 0.5) is 4.39 Å². The van der Waals surface area contributed by atoms with E-state index in [-0.39, 0.29) is 12.4 Å². The molecule has 0 aliphatic heterocycles. The molecule has 2 heterocycles. The summed E-state index contributed by atoms with van der Waals surface area (Å²) in [5.41, 5.74) is 2.05. The third kappa shape index (κ3) is 2.30. The van der Waals surface area contributed by atoms with Crippen molar-refractivity contribution in [3.8, 4) is 22.8 Å². The summed E-state index contributed by atoms with van der Waals surface area (Å²) in [5, 5.41) is 13.2. The van der Waals surface area contributed by atoms with Gasteiger partial charge in [0.2, 0.25) is 5.89 Å². The average molecular weight is 275 g/mol. The van der Waals surface area contributed by atoms with Crippen molar-refractivity contribution in [2.45, 2.75) is 6.61 Å². The maximum absolute atomic E-state index is 12.9. The van der Waals surface area contributed by atoms with Gasteiger partial charge < -0.3 is 9.52 Å². The van der Waals surface area contributed by atoms with Crippen LogP contribution in [0.15, 0.2) is 45.5 Å². The van der Waals surface area contributed by atoms with Crippen molar-refractivity contribution in [3.05, 3.63) is 52.6 Å². The molecule has 0 aliphatic carbocycles. The van der Waals surface area contributed by atoms with Crippen molar-refractivity contribution < 1.29 is 13.9 Å². The fraction of sp³-hybridized carbons (Fsp3) is 0.0714. The molecule has 1 N–H and O–H groups in total. The molecule has 0 bridgehead atoms. The Morgan fingerprint density at radius 3 is 2.58 bits per heavy atom. The zero-order valence-corrected chi connectivity index (χ0v) is 10.7. The largest absolute Gasteiger partial charge is 0.436 e. The molecular weight excluding hydrogens is 265 g/mol. The van der Waals surface area contributed by atoms with Gasteiger partial charge in [-0.1, -0.05) is 0 Å². The Bertz CT molecular complexity index is 674. The summed E-state index contributed by atoms with van der Waals surface area (Å²) in [6.45, 7) is -0.199. The highest BCUT2D eigenvalue weighted by Crippen LogP contribution is 2.31. The number of rotatable bonds is 3. The van der Waals surface area contributed by atoms with Crippen LogP contribution >= 0.6 is 11.3 Å². The van der Waals surface area contributed by atoms with E-state index in [1.54, 1.807) is 23.5 Å². The summed E-state index contributed by atoms with van der Waals surface area (Å²) >= 11 is 1.54. The zero-order chi connectivity index (χ0) is 13.2. The van der Waals surface area contributed by atoms with Gasteiger partial charge in [-0.15, -0.1) is 0 Å². The molecule has 1 aromatic carbocycles. The summed E-state index contributed by atoms with van der Waals surface area (Å²) in [4.78, 5) is 4.25. The van der Waals surface area contributed by atoms with Crippen LogP contribution in [0, 0.1) is 5.82 Å². The molecule has 96 valence electrons. The van der Waals surface area contributed by atoms with E-state index in [2.05, 4.69) is 4.98 Å². The van der Waals surface area contributed by atoms with Crippen LogP contribution in [-0.2, 0) is 6.61 Å². The summed E-state index contributed by atoms with van der Waals surface area (Å²) in [6.07, 6.45) is 0. The van der Waals surface area contributed by atoms with Crippen LogP contribution in [0.5, 0.6) is 0 Å². The second-order valence-corrected chi connectivity index (χ2v) is 4.75. The van der Waals surface area contributed by atoms with E-state index in [0.717, 1.165) is 5.56 Å². The fourth-order valence-electron chi connectivity index (χ4n) is 1.79. The third-order valence-electron chi connectivity index (χ3n) is 2.72. The van der Waals surface area contributed by atoms with Gasteiger partial charge >= 0.3 is 0 Å². The third-order valence-corrected chi connectivity index (χ3v) is 3.40. The second-order valence-electron chi connectivity index (χ2n) is 3.97. The normalized spacial score (nSPS) is 10.8. The molecule has 0 amide bonds. The number of hydrogen-bond acceptors (Lipinski definition) is 4. The fourth-order valence-corrected chi connectivity index (χ4v) is 2.43. The second kappa shape index (κ2) is 4.95. The quantitative estimate of drug-likeness (QED) is 0.792. The Hall–Kier alpha value is -1.98. The van der Waals surface area contributed by atoms with Crippen LogP contribution in [0.3, 0.4) is 0 Å². The SMILES string of the molecule is OCc1nc(-c2ccc(F)cc2)oc1-c1ccsc1. The Labute approximate surface area is 113 Å². The number of thiophene rings is 1. The zero-order valence-electron chi connectivity index (χ0n) is 9.84. The molecule has 5 heteroatoms. The Balaban J connectivity index is 2.07. The lowest BCUT2D eigenvalue weighted by Gasteiger charge is -1.95. The number of hydrogen-bond donors (Lipinski definition) is 1. The van der Waals surface area contributed by atoms with Gasteiger partial charge in [-0.2, -0.15) is 11.3 Å². The van der Waals surface area contributed by atoms with Crippen molar-refractivity contribution in [2.75, 3.05) is 0 Å². The molecule has 0 unspecified atom stereocenters. The van der Waals surface area contributed by atoms with Crippen molar-refractivity contribution in [1.29, 1.82) is 0 Å². The molecule has 19 heavy (non-hydrogen) atoms. The summed E-state index contributed by atoms with van der Waals surface area (Å²) in [5.74, 6) is 0.629. The van der Waals surface area contributed by atoms with Crippen molar-refractivity contribution in [2.24, 2.45) is 0 Å². The number of halogens is 1. The minimum absolute atomic E-state index is 0.199. The van der Waals surface area contributed by atoms with Gasteiger partial charge in [-0.25, -0.2) is 9.37 Å². The lowest BCUT2D eigenvalue weighted by atomic mass is 10.2. The molecule has 3 nitrogen and oxygen atoms in total. The Morgan fingerprint density at radius 2 is 1.95 bits per heavy atom. The predicted molar refractivity (Wildman–Crippen MR) is 71.1 cm³/mol. The lowest BCUT2D eigenvalue weighted by molar-refractivity contribution is 0.277. The van der Waals surface area contributed by atoms with Gasteiger partial charge in [0, 0.05) is 16.5 Å². The summed E-state index contributed by atoms with van der Waals surface area (Å²) in [7, 11) is 0. The number of aliphatic hydroxyl groups is 1. The lowest BCUT2D eigenvalue weighted by Crippen LogP contribution is -1.86. The van der Waals surface area contributed by atoms with Gasteiger partial charge in [-0.05, 0) is 35.7 Å². The number of aliphatic hydroxyl groups excluding tert-OH is 1. The minimum atomic E-state index is -0.309. The number of oxazole rings is 1. The van der Waals surface area contributed by atoms with E-state index in [1.807, 2.05) is 16.8 Å². The first-order valence-corrected chi connectivity index (χ1v) is 6.61. The minimum Gasteiger partial charge on any atom is -0.436 e. The van der Waals surface area contributed by atoms with Gasteiger partial charge in [0.15, 0.2) is 5.76 Å². The van der Waals surface area contributed by atoms with Crippen molar-refractivity contribution >= 4 is 11.3 Å². The van der Waals surface area contributed by atoms with E-state index >= 15 is 0 Å². The van der Waals surface area contributed by atoms with Crippen LogP contribution in [0.2, 0.25) is 0 Å². The van der Waals surface area contributed by atoms with Gasteiger partial charge in [0.25, 0.3) is 0 Å². The van der Waals surface area contributed by atoms with Crippen LogP contribution < -0.4 is 0 Å². The summed E-state index contributed by atoms with van der Waals surface area (Å²) < 4.78 is 18.6. The molecule has 0 saturated carbocycles. The smallest absolute Gasteiger partial charge is 0.227 e. The maximum Gasteiger partial charge on any atom is 0.227 e. The predicted octanol–water partition coefficient (Wildman–Crippen LogP) is 3.70. The molecule has 3 aromatic rings. The average Bonchev–Trinajstić information content (AvgIpc) is 3.08. The molecular formula is C14H10FNO2S. The summed E-state index contributed by atoms with van der Waals surface area (Å²) in [6, 6.07) is 7.79. The van der Waals surface area contributed by atoms with Gasteiger partial charge in [0.05, 0.1) is 6.61 Å². The van der Waals surface area contributed by atoms with E-state index < -0.39 is 0 Å². The molecule has 2 aromatic heterocycles. The monoisotopic (exact) mass is 275 g/mol. The number of benzene rings is 1. The molecule has 0 radical (unpaired) electrons. The van der Waals surface area contributed by atoms with Crippen molar-refractivity contribution in [3.63, 3.8) is 0 Å². The van der Waals surface area contributed by atoms with Gasteiger partial charge in [0.1, 0.15) is 11.5 Å². The molecule has 0 fully saturated rings. The highest BCUT2D eigenvalue weighted by molar-refractivity contribution is 7.08. The first-order valence-electron chi connectivity index (χ1n) is 5.67. The standard InChI is InChI=1S/C14H10FNO2S/c15-11-3-1-9(2-4-11)14-16-12(7-17)13(18-14)10-5-6-19-8-10/h1-6,8,17H,7H2. The number of nitrogens with zero attached hydrogens (tertiary/aromatic N) is 1. The first-order chi connectivity index (χ1) is 9.28. The number of aromatic nitrogens is 1. The van der Waals surface area contributed by atoms with E-state index in [0.29, 0.717) is 22.9 Å². The first kappa shape index (κ1) is 12.1. The Kier molecular flexibility index (Phi) is 3.15. The van der Waals surface area contributed by atoms with Crippen LogP contribution in [0.25, 0.3) is 22.8 Å². The molecule has 0 aliphatic rings. The van der Waals surface area contributed by atoms with Gasteiger partial charge in [-0.3, -0.25) is 0 Å². The Morgan fingerprint density at radius 1 is 1.16 bits per heavy atom. The van der Waals surface area contributed by atoms with E-state index in [9.17, 15) is 9.50 Å². The maximum atomic E-state index is 12.9. The van der Waals surface area contributed by atoms with Crippen LogP contribution in [-0.4, -0.2) is 10.1 Å². The van der Waals surface area contributed by atoms with E-state index in [4.69, 9.17) is 4.42 Å². The van der Waals surface area contributed by atoms with Crippen LogP contribution in [0.1, 0.15) is 5.69 Å².